The summed E-state index contributed by atoms with van der Waals surface area (Å²) in [5.74, 6) is 0.120. The topological polar surface area (TPSA) is 77.5 Å². The summed E-state index contributed by atoms with van der Waals surface area (Å²) in [5.41, 5.74) is 1.78. The van der Waals surface area contributed by atoms with E-state index in [9.17, 15) is 9.59 Å². The molecule has 0 saturated carbocycles. The fraction of sp³-hybridized carbons (Fsp3) is 0.316. The number of benzene rings is 1. The molecule has 1 aromatic heterocycles. The van der Waals surface area contributed by atoms with E-state index < -0.39 is 0 Å². The number of thiazole rings is 1. The van der Waals surface area contributed by atoms with Gasteiger partial charge in [0.1, 0.15) is 12.4 Å². The smallest absolute Gasteiger partial charge is 0.307 e. The van der Waals surface area contributed by atoms with Gasteiger partial charge in [0, 0.05) is 17.5 Å². The molecule has 2 aromatic rings. The molecule has 0 aliphatic heterocycles. The van der Waals surface area contributed by atoms with Crippen LogP contribution in [-0.2, 0) is 20.9 Å². The van der Waals surface area contributed by atoms with Crippen LogP contribution in [-0.4, -0.2) is 30.0 Å². The predicted octanol–water partition coefficient (Wildman–Crippen LogP) is 3.11. The Balaban J connectivity index is 1.81. The summed E-state index contributed by atoms with van der Waals surface area (Å²) in [5, 5.41) is 5.71. The van der Waals surface area contributed by atoms with Crippen molar-refractivity contribution >= 4 is 29.3 Å². The van der Waals surface area contributed by atoms with Gasteiger partial charge < -0.3 is 14.8 Å². The third-order valence-corrected chi connectivity index (χ3v) is 4.27. The minimum Gasteiger partial charge on any atom is -0.487 e. The van der Waals surface area contributed by atoms with E-state index >= 15 is 0 Å². The van der Waals surface area contributed by atoms with Gasteiger partial charge in [0.2, 0.25) is 5.91 Å². The summed E-state index contributed by atoms with van der Waals surface area (Å²) in [7, 11) is 1.32. The maximum atomic E-state index is 11.8. The normalized spacial score (nSPS) is 12.0. The van der Waals surface area contributed by atoms with E-state index in [1.807, 2.05) is 36.6 Å². The average molecular weight is 374 g/mol. The van der Waals surface area contributed by atoms with Gasteiger partial charge in [-0.3, -0.25) is 9.59 Å². The molecular weight excluding hydrogens is 352 g/mol. The van der Waals surface area contributed by atoms with Crippen LogP contribution in [0.2, 0.25) is 0 Å². The number of nitrogens with zero attached hydrogens (tertiary/aromatic N) is 1. The summed E-state index contributed by atoms with van der Waals surface area (Å²) in [6.45, 7) is 4.14. The number of nitrogens with one attached hydrogen (secondary N) is 1. The van der Waals surface area contributed by atoms with E-state index in [2.05, 4.69) is 15.0 Å². The zero-order chi connectivity index (χ0) is 18.9. The van der Waals surface area contributed by atoms with Gasteiger partial charge in [0.15, 0.2) is 0 Å². The van der Waals surface area contributed by atoms with E-state index in [0.29, 0.717) is 6.61 Å². The van der Waals surface area contributed by atoms with Crippen molar-refractivity contribution in [3.05, 3.63) is 52.0 Å². The second-order valence-corrected chi connectivity index (χ2v) is 6.80. The monoisotopic (exact) mass is 374 g/mol. The van der Waals surface area contributed by atoms with Gasteiger partial charge in [0.05, 0.1) is 24.2 Å². The van der Waals surface area contributed by atoms with Crippen molar-refractivity contribution in [1.82, 2.24) is 10.3 Å². The molecule has 7 heteroatoms. The Morgan fingerprint density at radius 3 is 2.65 bits per heavy atom. The van der Waals surface area contributed by atoms with Crippen LogP contribution in [0, 0.1) is 6.92 Å². The molecular formula is C19H22N2O4S. The Bertz CT molecular complexity index is 768. The van der Waals surface area contributed by atoms with Crippen LogP contribution in [0.1, 0.15) is 29.6 Å². The van der Waals surface area contributed by atoms with Crippen LogP contribution in [0.15, 0.2) is 35.7 Å². The number of carbonyl (C=O) groups is 2. The number of ether oxygens (including phenoxy) is 2. The van der Waals surface area contributed by atoms with Crippen LogP contribution in [0.5, 0.6) is 5.75 Å². The van der Waals surface area contributed by atoms with Crippen molar-refractivity contribution in [2.75, 3.05) is 7.11 Å². The maximum Gasteiger partial charge on any atom is 0.307 e. The van der Waals surface area contributed by atoms with Crippen LogP contribution >= 0.6 is 11.3 Å². The van der Waals surface area contributed by atoms with Crippen molar-refractivity contribution < 1.29 is 19.1 Å². The molecule has 0 spiro atoms. The van der Waals surface area contributed by atoms with Crippen molar-refractivity contribution in [2.24, 2.45) is 0 Å². The number of hydrogen-bond donors (Lipinski definition) is 1. The zero-order valence-corrected chi connectivity index (χ0v) is 15.8. The van der Waals surface area contributed by atoms with Crippen molar-refractivity contribution in [1.29, 1.82) is 0 Å². The molecule has 1 amide bonds. The lowest BCUT2D eigenvalue weighted by molar-refractivity contribution is -0.141. The van der Waals surface area contributed by atoms with Gasteiger partial charge in [-0.25, -0.2) is 4.98 Å². The molecule has 26 heavy (non-hydrogen) atoms. The van der Waals surface area contributed by atoms with Gasteiger partial charge in [0.25, 0.3) is 0 Å². The van der Waals surface area contributed by atoms with E-state index in [1.54, 1.807) is 24.3 Å². The standard InChI is InChI=1S/C19H22N2O4S/c1-13(10-19(23)24-3)20-18(22)9-6-15-4-7-17(8-5-15)25-11-16-12-26-14(2)21-16/h4-9,12-13H,10-11H2,1-3H3,(H,20,22)/b9-6+. The van der Waals surface area contributed by atoms with Crippen LogP contribution in [0.4, 0.5) is 0 Å². The molecule has 0 aliphatic carbocycles. The first kappa shape index (κ1) is 19.7. The highest BCUT2D eigenvalue weighted by Crippen LogP contribution is 2.16. The molecule has 2 rings (SSSR count). The van der Waals surface area contributed by atoms with Crippen LogP contribution in [0.25, 0.3) is 6.08 Å². The second kappa shape index (κ2) is 9.72. The summed E-state index contributed by atoms with van der Waals surface area (Å²) >= 11 is 1.60. The Kier molecular flexibility index (Phi) is 7.35. The molecule has 0 saturated heterocycles. The molecule has 1 unspecified atom stereocenters. The van der Waals surface area contributed by atoms with E-state index in [1.165, 1.54) is 13.2 Å². The number of aryl methyl sites for hydroxylation is 1. The Morgan fingerprint density at radius 1 is 1.31 bits per heavy atom. The maximum absolute atomic E-state index is 11.8. The first-order chi connectivity index (χ1) is 12.5. The zero-order valence-electron chi connectivity index (χ0n) is 15.0. The summed E-state index contributed by atoms with van der Waals surface area (Å²) < 4.78 is 10.3. The average Bonchev–Trinajstić information content (AvgIpc) is 3.04. The van der Waals surface area contributed by atoms with Crippen LogP contribution < -0.4 is 10.1 Å². The molecule has 0 radical (unpaired) electrons. The SMILES string of the molecule is COC(=O)CC(C)NC(=O)/C=C/c1ccc(OCc2csc(C)n2)cc1. The number of amides is 1. The summed E-state index contributed by atoms with van der Waals surface area (Å²) in [4.78, 5) is 27.3. The number of aromatic nitrogens is 1. The number of methoxy groups -OCH3 is 1. The minimum atomic E-state index is -0.356. The molecule has 1 aromatic carbocycles. The fourth-order valence-electron chi connectivity index (χ4n) is 2.15. The van der Waals surface area contributed by atoms with Crippen LogP contribution in [0.3, 0.4) is 0 Å². The molecule has 1 atom stereocenters. The fourth-order valence-corrected chi connectivity index (χ4v) is 2.75. The number of esters is 1. The lowest BCUT2D eigenvalue weighted by Crippen LogP contribution is -2.33. The second-order valence-electron chi connectivity index (χ2n) is 5.74. The molecule has 138 valence electrons. The number of hydrogen-bond acceptors (Lipinski definition) is 6. The summed E-state index contributed by atoms with van der Waals surface area (Å²) in [6, 6.07) is 7.13. The lowest BCUT2D eigenvalue weighted by atomic mass is 10.2. The Labute approximate surface area is 156 Å². The first-order valence-corrected chi connectivity index (χ1v) is 9.03. The Hall–Kier alpha value is -2.67. The lowest BCUT2D eigenvalue weighted by Gasteiger charge is -2.10. The third kappa shape index (κ3) is 6.68. The molecule has 0 fully saturated rings. The van der Waals surface area contributed by atoms with Crippen molar-refractivity contribution in [3.8, 4) is 5.75 Å². The third-order valence-electron chi connectivity index (χ3n) is 3.45. The highest BCUT2D eigenvalue weighted by atomic mass is 32.1. The van der Waals surface area contributed by atoms with Gasteiger partial charge in [-0.15, -0.1) is 11.3 Å². The van der Waals surface area contributed by atoms with Gasteiger partial charge in [-0.1, -0.05) is 12.1 Å². The quantitative estimate of drug-likeness (QED) is 0.567. The van der Waals surface area contributed by atoms with E-state index in [4.69, 9.17) is 4.74 Å². The molecule has 6 nitrogen and oxygen atoms in total. The van der Waals surface area contributed by atoms with Gasteiger partial charge >= 0.3 is 5.97 Å². The number of rotatable bonds is 8. The van der Waals surface area contributed by atoms with Crippen molar-refractivity contribution in [2.45, 2.75) is 32.9 Å². The van der Waals surface area contributed by atoms with E-state index in [-0.39, 0.29) is 24.3 Å². The van der Waals surface area contributed by atoms with E-state index in [0.717, 1.165) is 22.0 Å². The first-order valence-electron chi connectivity index (χ1n) is 8.15. The highest BCUT2D eigenvalue weighted by molar-refractivity contribution is 7.09. The Morgan fingerprint density at radius 2 is 2.04 bits per heavy atom. The minimum absolute atomic E-state index is 0.140. The molecule has 0 aliphatic rings. The molecule has 1 N–H and O–H groups in total. The molecule has 1 heterocycles. The predicted molar refractivity (Wildman–Crippen MR) is 101 cm³/mol. The molecule has 0 bridgehead atoms. The van der Waals surface area contributed by atoms with Crippen molar-refractivity contribution in [3.63, 3.8) is 0 Å². The summed E-state index contributed by atoms with van der Waals surface area (Å²) in [6.07, 6.45) is 3.27. The largest absolute Gasteiger partial charge is 0.487 e. The highest BCUT2D eigenvalue weighted by Gasteiger charge is 2.10. The van der Waals surface area contributed by atoms with Gasteiger partial charge in [-0.05, 0) is 37.6 Å². The number of carbonyl (C=O) groups excluding carboxylic acids is 2. The van der Waals surface area contributed by atoms with Gasteiger partial charge in [-0.2, -0.15) is 0 Å².